The van der Waals surface area contributed by atoms with Crippen LogP contribution in [-0.2, 0) is 13.0 Å². The number of aromatic nitrogens is 1. The third-order valence-electron chi connectivity index (χ3n) is 4.47. The first-order chi connectivity index (χ1) is 14.7. The predicted molar refractivity (Wildman–Crippen MR) is 122 cm³/mol. The summed E-state index contributed by atoms with van der Waals surface area (Å²) in [5.74, 6) is 0.614. The number of ether oxygens (including phenoxy) is 1. The minimum atomic E-state index is -0.125. The predicted octanol–water partition coefficient (Wildman–Crippen LogP) is 6.22. The molecule has 0 aliphatic heterocycles. The fraction of sp³-hybridized carbons (Fsp3) is 0.0833. The maximum Gasteiger partial charge on any atom is 0.265 e. The molecular weight excluding hydrogens is 416 g/mol. The maximum atomic E-state index is 12.6. The lowest BCUT2D eigenvalue weighted by Crippen LogP contribution is -2.10. The van der Waals surface area contributed by atoms with Crippen molar-refractivity contribution in [3.63, 3.8) is 0 Å². The topological polar surface area (TPSA) is 51.2 Å². The van der Waals surface area contributed by atoms with Crippen molar-refractivity contribution in [2.45, 2.75) is 13.0 Å². The summed E-state index contributed by atoms with van der Waals surface area (Å²) in [7, 11) is 0. The first-order valence-electron chi connectivity index (χ1n) is 9.41. The van der Waals surface area contributed by atoms with E-state index in [1.165, 1.54) is 22.5 Å². The average Bonchev–Trinajstić information content (AvgIpc) is 3.25. The summed E-state index contributed by atoms with van der Waals surface area (Å²) in [4.78, 5) is 17.2. The van der Waals surface area contributed by atoms with Gasteiger partial charge in [-0.25, -0.2) is 0 Å². The summed E-state index contributed by atoms with van der Waals surface area (Å²) in [6.45, 7) is 0.398. The van der Waals surface area contributed by atoms with Gasteiger partial charge in [0.25, 0.3) is 5.91 Å². The van der Waals surface area contributed by atoms with Crippen molar-refractivity contribution < 1.29 is 9.53 Å². The van der Waals surface area contributed by atoms with E-state index in [-0.39, 0.29) is 5.91 Å². The van der Waals surface area contributed by atoms with Crippen LogP contribution in [0.2, 0.25) is 5.02 Å². The molecule has 0 aliphatic carbocycles. The number of hydrogen-bond donors (Lipinski definition) is 1. The second-order valence-corrected chi connectivity index (χ2v) is 8.09. The van der Waals surface area contributed by atoms with Crippen molar-refractivity contribution in [3.8, 4) is 5.75 Å². The van der Waals surface area contributed by atoms with Crippen LogP contribution < -0.4 is 10.1 Å². The van der Waals surface area contributed by atoms with Gasteiger partial charge in [0.05, 0.1) is 4.88 Å². The second kappa shape index (κ2) is 9.57. The van der Waals surface area contributed by atoms with Gasteiger partial charge in [-0.1, -0.05) is 23.7 Å². The van der Waals surface area contributed by atoms with Crippen LogP contribution in [0.4, 0.5) is 5.69 Å². The Morgan fingerprint density at radius 1 is 0.933 bits per heavy atom. The maximum absolute atomic E-state index is 12.6. The van der Waals surface area contributed by atoms with Crippen molar-refractivity contribution in [2.24, 2.45) is 0 Å². The highest BCUT2D eigenvalue weighted by Crippen LogP contribution is 2.21. The summed E-state index contributed by atoms with van der Waals surface area (Å²) in [6, 6.07) is 21.0. The number of pyridine rings is 1. The monoisotopic (exact) mass is 434 g/mol. The molecular formula is C24H19ClN2O2S. The molecule has 0 saturated heterocycles. The van der Waals surface area contributed by atoms with E-state index in [1.54, 1.807) is 24.5 Å². The van der Waals surface area contributed by atoms with Crippen molar-refractivity contribution in [1.82, 2.24) is 4.98 Å². The molecule has 0 radical (unpaired) electrons. The molecule has 2 aromatic heterocycles. The molecule has 0 unspecified atom stereocenters. The number of rotatable bonds is 7. The first-order valence-corrected chi connectivity index (χ1v) is 10.7. The zero-order chi connectivity index (χ0) is 20.8. The third-order valence-corrected chi connectivity index (χ3v) is 5.70. The SMILES string of the molecule is O=C(Nc1ccc(Cc2ccncc2)cc1)c1cc(COc2ccc(Cl)cc2)cs1. The Morgan fingerprint density at radius 2 is 1.63 bits per heavy atom. The van der Waals surface area contributed by atoms with Gasteiger partial charge < -0.3 is 10.1 Å². The summed E-state index contributed by atoms with van der Waals surface area (Å²) in [6.07, 6.45) is 4.41. The first kappa shape index (κ1) is 20.1. The Labute approximate surface area is 184 Å². The van der Waals surface area contributed by atoms with Crippen molar-refractivity contribution in [2.75, 3.05) is 5.32 Å². The van der Waals surface area contributed by atoms with E-state index >= 15 is 0 Å². The van der Waals surface area contributed by atoms with Gasteiger partial charge in [-0.2, -0.15) is 0 Å². The van der Waals surface area contributed by atoms with E-state index in [9.17, 15) is 4.79 Å². The zero-order valence-electron chi connectivity index (χ0n) is 16.0. The summed E-state index contributed by atoms with van der Waals surface area (Å²) in [5, 5.41) is 5.55. The van der Waals surface area contributed by atoms with E-state index in [4.69, 9.17) is 16.3 Å². The van der Waals surface area contributed by atoms with Gasteiger partial charge in [-0.05, 0) is 77.5 Å². The van der Waals surface area contributed by atoms with Crippen LogP contribution >= 0.6 is 22.9 Å². The van der Waals surface area contributed by atoms with E-state index in [0.717, 1.165) is 23.4 Å². The number of nitrogens with one attached hydrogen (secondary N) is 1. The van der Waals surface area contributed by atoms with Crippen LogP contribution in [0.3, 0.4) is 0 Å². The number of halogens is 1. The Morgan fingerprint density at radius 3 is 2.37 bits per heavy atom. The quantitative estimate of drug-likeness (QED) is 0.375. The normalized spacial score (nSPS) is 10.6. The van der Waals surface area contributed by atoms with Crippen LogP contribution in [0.5, 0.6) is 5.75 Å². The van der Waals surface area contributed by atoms with E-state index in [2.05, 4.69) is 10.3 Å². The minimum Gasteiger partial charge on any atom is -0.489 e. The molecule has 1 N–H and O–H groups in total. The lowest BCUT2D eigenvalue weighted by Gasteiger charge is -2.06. The number of benzene rings is 2. The summed E-state index contributed by atoms with van der Waals surface area (Å²) < 4.78 is 5.73. The largest absolute Gasteiger partial charge is 0.489 e. The number of nitrogens with zero attached hydrogens (tertiary/aromatic N) is 1. The molecule has 0 saturated carbocycles. The lowest BCUT2D eigenvalue weighted by atomic mass is 10.1. The van der Waals surface area contributed by atoms with Crippen LogP contribution in [0.1, 0.15) is 26.4 Å². The molecule has 0 atom stereocenters. The Hall–Kier alpha value is -3.15. The molecule has 2 heterocycles. The van der Waals surface area contributed by atoms with Crippen molar-refractivity contribution in [3.05, 3.63) is 111 Å². The number of anilines is 1. The lowest BCUT2D eigenvalue weighted by molar-refractivity contribution is 0.103. The molecule has 30 heavy (non-hydrogen) atoms. The van der Waals surface area contributed by atoms with Crippen molar-refractivity contribution in [1.29, 1.82) is 0 Å². The Bertz CT molecular complexity index is 1110. The van der Waals surface area contributed by atoms with Crippen LogP contribution in [0.25, 0.3) is 0 Å². The van der Waals surface area contributed by atoms with Gasteiger partial charge in [0.15, 0.2) is 0 Å². The zero-order valence-corrected chi connectivity index (χ0v) is 17.6. The highest BCUT2D eigenvalue weighted by atomic mass is 35.5. The molecule has 2 aromatic carbocycles. The molecule has 0 bridgehead atoms. The van der Waals surface area contributed by atoms with Gasteiger partial charge in [-0.3, -0.25) is 9.78 Å². The highest BCUT2D eigenvalue weighted by molar-refractivity contribution is 7.12. The standard InChI is InChI=1S/C24H19ClN2O2S/c25-20-3-7-22(8-4-20)29-15-19-14-23(30-16-19)24(28)27-21-5-1-17(2-6-21)13-18-9-11-26-12-10-18/h1-12,14,16H,13,15H2,(H,27,28). The van der Waals surface area contributed by atoms with Gasteiger partial charge in [-0.15, -0.1) is 11.3 Å². The van der Waals surface area contributed by atoms with Crippen molar-refractivity contribution >= 4 is 34.5 Å². The van der Waals surface area contributed by atoms with Gasteiger partial charge >= 0.3 is 0 Å². The molecule has 0 fully saturated rings. The van der Waals surface area contributed by atoms with Crippen LogP contribution in [0.15, 0.2) is 84.5 Å². The Balaban J connectivity index is 1.32. The molecule has 4 nitrogen and oxygen atoms in total. The fourth-order valence-electron chi connectivity index (χ4n) is 2.90. The number of hydrogen-bond acceptors (Lipinski definition) is 4. The van der Waals surface area contributed by atoms with Crippen LogP contribution in [-0.4, -0.2) is 10.9 Å². The molecule has 6 heteroatoms. The van der Waals surface area contributed by atoms with E-state index in [1.807, 2.05) is 60.0 Å². The molecule has 4 aromatic rings. The minimum absolute atomic E-state index is 0.125. The molecule has 4 rings (SSSR count). The number of carbonyl (C=O) groups is 1. The smallest absolute Gasteiger partial charge is 0.265 e. The molecule has 0 aliphatic rings. The third kappa shape index (κ3) is 5.47. The Kier molecular flexibility index (Phi) is 6.42. The number of carbonyl (C=O) groups excluding carboxylic acids is 1. The summed E-state index contributed by atoms with van der Waals surface area (Å²) in [5.41, 5.74) is 4.10. The van der Waals surface area contributed by atoms with E-state index < -0.39 is 0 Å². The van der Waals surface area contributed by atoms with Gasteiger partial charge in [0.2, 0.25) is 0 Å². The summed E-state index contributed by atoms with van der Waals surface area (Å²) >= 11 is 7.28. The second-order valence-electron chi connectivity index (χ2n) is 6.75. The fourth-order valence-corrected chi connectivity index (χ4v) is 3.82. The molecule has 150 valence electrons. The number of amides is 1. The molecule has 1 amide bonds. The van der Waals surface area contributed by atoms with E-state index in [0.29, 0.717) is 16.5 Å². The van der Waals surface area contributed by atoms with Crippen LogP contribution in [0, 0.1) is 0 Å². The number of thiophene rings is 1. The van der Waals surface area contributed by atoms with Gasteiger partial charge in [0.1, 0.15) is 12.4 Å². The van der Waals surface area contributed by atoms with Gasteiger partial charge in [0, 0.05) is 28.7 Å². The average molecular weight is 435 g/mol. The molecule has 0 spiro atoms. The highest BCUT2D eigenvalue weighted by Gasteiger charge is 2.10.